The van der Waals surface area contributed by atoms with Gasteiger partial charge in [0.25, 0.3) is 0 Å². The van der Waals surface area contributed by atoms with Gasteiger partial charge >= 0.3 is 0 Å². The Kier molecular flexibility index (Phi) is 4.13. The van der Waals surface area contributed by atoms with Crippen molar-refractivity contribution >= 4 is 23.2 Å². The monoisotopic (exact) mass is 272 g/mol. The third-order valence-corrected chi connectivity index (χ3v) is 3.25. The van der Waals surface area contributed by atoms with Crippen LogP contribution in [0.3, 0.4) is 0 Å². The van der Waals surface area contributed by atoms with Crippen LogP contribution in [0.2, 0.25) is 0 Å². The fourth-order valence-corrected chi connectivity index (χ4v) is 1.98. The van der Waals surface area contributed by atoms with E-state index in [4.69, 9.17) is 11.6 Å². The lowest BCUT2D eigenvalue weighted by atomic mass is 10.0. The molecule has 96 valence electrons. The van der Waals surface area contributed by atoms with Gasteiger partial charge in [0.2, 0.25) is 0 Å². The minimum Gasteiger partial charge on any atom is -0.292 e. The Morgan fingerprint density at radius 2 is 1.32 bits per heavy atom. The molecule has 0 saturated heterocycles. The van der Waals surface area contributed by atoms with Crippen molar-refractivity contribution in [2.45, 2.75) is 12.3 Å². The third-order valence-electron chi connectivity index (χ3n) is 2.85. The molecule has 2 nitrogen and oxygen atoms in total. The molecule has 0 fully saturated rings. The Morgan fingerprint density at radius 3 is 1.84 bits per heavy atom. The Bertz CT molecular complexity index is 588. The lowest BCUT2D eigenvalue weighted by Crippen LogP contribution is -2.24. The molecule has 0 aliphatic carbocycles. The van der Waals surface area contributed by atoms with Gasteiger partial charge in [-0.25, -0.2) is 0 Å². The van der Waals surface area contributed by atoms with Crippen LogP contribution in [0.15, 0.2) is 54.6 Å². The van der Waals surface area contributed by atoms with E-state index in [2.05, 4.69) is 0 Å². The predicted octanol–water partition coefficient (Wildman–Crippen LogP) is 3.67. The zero-order valence-electron chi connectivity index (χ0n) is 10.5. The molecule has 2 aromatic rings. The van der Waals surface area contributed by atoms with E-state index in [1.54, 1.807) is 36.4 Å². The van der Waals surface area contributed by atoms with Gasteiger partial charge in [-0.3, -0.25) is 9.59 Å². The highest BCUT2D eigenvalue weighted by atomic mass is 35.5. The number of halogens is 1. The minimum absolute atomic E-state index is 0.365. The maximum absolute atomic E-state index is 12.1. The van der Waals surface area contributed by atoms with Gasteiger partial charge in [-0.2, -0.15) is 0 Å². The van der Waals surface area contributed by atoms with Gasteiger partial charge in [-0.15, -0.1) is 11.6 Å². The van der Waals surface area contributed by atoms with Gasteiger partial charge in [0.1, 0.15) is 0 Å². The molecule has 0 aliphatic rings. The Morgan fingerprint density at radius 1 is 0.842 bits per heavy atom. The summed E-state index contributed by atoms with van der Waals surface area (Å²) in [5.41, 5.74) is 1.95. The van der Waals surface area contributed by atoms with E-state index in [1.807, 2.05) is 25.1 Å². The summed E-state index contributed by atoms with van der Waals surface area (Å²) in [7, 11) is 0. The van der Waals surface area contributed by atoms with Gasteiger partial charge < -0.3 is 0 Å². The molecule has 0 radical (unpaired) electrons. The van der Waals surface area contributed by atoms with Crippen LogP contribution in [-0.2, 0) is 0 Å². The Labute approximate surface area is 117 Å². The molecule has 19 heavy (non-hydrogen) atoms. The highest BCUT2D eigenvalue weighted by molar-refractivity contribution is 6.46. The molecule has 2 rings (SSSR count). The maximum Gasteiger partial charge on any atom is 0.188 e. The first-order chi connectivity index (χ1) is 9.09. The first-order valence-electron chi connectivity index (χ1n) is 5.94. The summed E-state index contributed by atoms with van der Waals surface area (Å²) in [4.78, 5) is 24.2. The molecule has 0 aromatic heterocycles. The molecule has 0 heterocycles. The number of hydrogen-bond acceptors (Lipinski definition) is 2. The maximum atomic E-state index is 12.1. The summed E-state index contributed by atoms with van der Waals surface area (Å²) in [6.07, 6.45) is 0. The van der Waals surface area contributed by atoms with E-state index in [0.717, 1.165) is 5.56 Å². The second kappa shape index (κ2) is 5.81. The summed E-state index contributed by atoms with van der Waals surface area (Å²) < 4.78 is 0. The summed E-state index contributed by atoms with van der Waals surface area (Å²) >= 11 is 5.99. The Hall–Kier alpha value is -1.93. The van der Waals surface area contributed by atoms with Crippen LogP contribution in [0.5, 0.6) is 0 Å². The third kappa shape index (κ3) is 3.09. The smallest absolute Gasteiger partial charge is 0.188 e. The number of carbonyl (C=O) groups is 2. The van der Waals surface area contributed by atoms with Gasteiger partial charge in [0.05, 0.1) is 0 Å². The van der Waals surface area contributed by atoms with Crippen LogP contribution in [0.1, 0.15) is 26.3 Å². The molecular formula is C16H13ClO2. The van der Waals surface area contributed by atoms with E-state index in [-0.39, 0.29) is 11.6 Å². The molecule has 1 atom stereocenters. The quantitative estimate of drug-likeness (QED) is 0.483. The Balaban J connectivity index is 2.20. The molecule has 3 heteroatoms. The van der Waals surface area contributed by atoms with E-state index >= 15 is 0 Å². The van der Waals surface area contributed by atoms with Gasteiger partial charge in [0, 0.05) is 11.1 Å². The van der Waals surface area contributed by atoms with E-state index in [0.29, 0.717) is 11.1 Å². The van der Waals surface area contributed by atoms with Crippen molar-refractivity contribution in [2.75, 3.05) is 0 Å². The molecule has 0 bridgehead atoms. The zero-order chi connectivity index (χ0) is 13.8. The SMILES string of the molecule is Cc1ccc(C(=O)C(Cl)C(=O)c2ccccc2)cc1. The summed E-state index contributed by atoms with van der Waals surface area (Å²) in [6.45, 7) is 1.93. The van der Waals surface area contributed by atoms with Crippen molar-refractivity contribution in [2.24, 2.45) is 0 Å². The zero-order valence-corrected chi connectivity index (χ0v) is 11.2. The number of aryl methyl sites for hydroxylation is 1. The molecule has 0 aliphatic heterocycles. The van der Waals surface area contributed by atoms with Crippen molar-refractivity contribution in [1.29, 1.82) is 0 Å². The second-order valence-corrected chi connectivity index (χ2v) is 4.76. The van der Waals surface area contributed by atoms with Crippen LogP contribution >= 0.6 is 11.6 Å². The summed E-state index contributed by atoms with van der Waals surface area (Å²) in [6, 6.07) is 15.6. The van der Waals surface area contributed by atoms with Crippen LogP contribution in [0, 0.1) is 6.92 Å². The second-order valence-electron chi connectivity index (χ2n) is 4.32. The number of rotatable bonds is 4. The van der Waals surface area contributed by atoms with Crippen LogP contribution in [0.4, 0.5) is 0 Å². The van der Waals surface area contributed by atoms with Gasteiger partial charge in [-0.05, 0) is 6.92 Å². The number of hydrogen-bond donors (Lipinski definition) is 0. The molecular weight excluding hydrogens is 260 g/mol. The van der Waals surface area contributed by atoms with Crippen molar-refractivity contribution in [1.82, 2.24) is 0 Å². The fraction of sp³-hybridized carbons (Fsp3) is 0.125. The molecule has 0 spiro atoms. The number of Topliss-reactive ketones (excluding diaryl/α,β-unsaturated/α-hetero) is 2. The number of ketones is 2. The van der Waals surface area contributed by atoms with Crippen molar-refractivity contribution in [3.05, 3.63) is 71.3 Å². The van der Waals surface area contributed by atoms with E-state index in [1.165, 1.54) is 0 Å². The number of carbonyl (C=O) groups excluding carboxylic acids is 2. The number of benzene rings is 2. The average Bonchev–Trinajstić information content (AvgIpc) is 2.46. The molecule has 0 N–H and O–H groups in total. The standard InChI is InChI=1S/C16H13ClO2/c1-11-7-9-13(10-8-11)16(19)14(17)15(18)12-5-3-2-4-6-12/h2-10,14H,1H3. The van der Waals surface area contributed by atoms with Gasteiger partial charge in [0.15, 0.2) is 16.9 Å². The first-order valence-corrected chi connectivity index (χ1v) is 6.37. The van der Waals surface area contributed by atoms with Gasteiger partial charge in [-0.1, -0.05) is 60.2 Å². The van der Waals surface area contributed by atoms with E-state index < -0.39 is 5.38 Å². The van der Waals surface area contributed by atoms with Crippen LogP contribution in [-0.4, -0.2) is 16.9 Å². The van der Waals surface area contributed by atoms with Crippen molar-refractivity contribution in [3.8, 4) is 0 Å². The lowest BCUT2D eigenvalue weighted by molar-refractivity contribution is 0.0900. The fourth-order valence-electron chi connectivity index (χ4n) is 1.73. The highest BCUT2D eigenvalue weighted by Crippen LogP contribution is 2.15. The first kappa shape index (κ1) is 13.5. The minimum atomic E-state index is -1.18. The van der Waals surface area contributed by atoms with E-state index in [9.17, 15) is 9.59 Å². The largest absolute Gasteiger partial charge is 0.292 e. The molecule has 0 amide bonds. The van der Waals surface area contributed by atoms with Crippen molar-refractivity contribution < 1.29 is 9.59 Å². The predicted molar refractivity (Wildman–Crippen MR) is 75.9 cm³/mol. The molecule has 0 saturated carbocycles. The average molecular weight is 273 g/mol. The topological polar surface area (TPSA) is 34.1 Å². The summed E-state index contributed by atoms with van der Waals surface area (Å²) in [5.74, 6) is -0.733. The molecule has 2 aromatic carbocycles. The lowest BCUT2D eigenvalue weighted by Gasteiger charge is -2.08. The van der Waals surface area contributed by atoms with Crippen molar-refractivity contribution in [3.63, 3.8) is 0 Å². The molecule has 1 unspecified atom stereocenters. The van der Waals surface area contributed by atoms with Crippen LogP contribution < -0.4 is 0 Å². The summed E-state index contributed by atoms with van der Waals surface area (Å²) in [5, 5.41) is -1.18. The number of alkyl halides is 1. The van der Waals surface area contributed by atoms with Crippen LogP contribution in [0.25, 0.3) is 0 Å². The normalized spacial score (nSPS) is 11.9. The highest BCUT2D eigenvalue weighted by Gasteiger charge is 2.25.